The first-order chi connectivity index (χ1) is 16.6. The molecular weight excluding hydrogens is 456 g/mol. The molecule has 1 aliphatic heterocycles. The molecule has 1 aliphatic rings. The van der Waals surface area contributed by atoms with Crippen molar-refractivity contribution in [3.63, 3.8) is 0 Å². The SMILES string of the molecule is CCOc1ccccc1NC(=O)Cn1c(=O)n(CC2CCCO2)c(=O)c2sc3ncccc3c21. The minimum absolute atomic E-state index is 0.157. The fourth-order valence-electron chi connectivity index (χ4n) is 4.27. The van der Waals surface area contributed by atoms with E-state index in [0.717, 1.165) is 12.8 Å². The van der Waals surface area contributed by atoms with Crippen LogP contribution >= 0.6 is 11.3 Å². The van der Waals surface area contributed by atoms with Gasteiger partial charge in [0, 0.05) is 18.2 Å². The second-order valence-electron chi connectivity index (χ2n) is 8.03. The highest BCUT2D eigenvalue weighted by Gasteiger charge is 2.24. The average Bonchev–Trinajstić information content (AvgIpc) is 3.49. The van der Waals surface area contributed by atoms with Crippen LogP contribution in [0.5, 0.6) is 5.75 Å². The first-order valence-corrected chi connectivity index (χ1v) is 12.0. The van der Waals surface area contributed by atoms with E-state index in [1.165, 1.54) is 20.5 Å². The van der Waals surface area contributed by atoms with Crippen molar-refractivity contribution >= 4 is 43.4 Å². The van der Waals surface area contributed by atoms with Crippen molar-refractivity contribution < 1.29 is 14.3 Å². The molecule has 0 aliphatic carbocycles. The van der Waals surface area contributed by atoms with Gasteiger partial charge in [-0.2, -0.15) is 0 Å². The molecule has 1 unspecified atom stereocenters. The molecule has 9 nitrogen and oxygen atoms in total. The third-order valence-electron chi connectivity index (χ3n) is 5.78. The Hall–Kier alpha value is -3.50. The normalized spacial score (nSPS) is 15.7. The zero-order chi connectivity index (χ0) is 23.7. The van der Waals surface area contributed by atoms with E-state index >= 15 is 0 Å². The van der Waals surface area contributed by atoms with Gasteiger partial charge in [-0.1, -0.05) is 12.1 Å². The second-order valence-corrected chi connectivity index (χ2v) is 9.03. The van der Waals surface area contributed by atoms with Gasteiger partial charge in [0.2, 0.25) is 5.91 Å². The lowest BCUT2D eigenvalue weighted by Gasteiger charge is -2.16. The molecule has 0 bridgehead atoms. The molecule has 4 aromatic rings. The molecule has 10 heteroatoms. The molecule has 1 fully saturated rings. The number of rotatable bonds is 7. The number of thiophene rings is 1. The number of benzene rings is 1. The molecule has 1 atom stereocenters. The number of hydrogen-bond acceptors (Lipinski definition) is 7. The summed E-state index contributed by atoms with van der Waals surface area (Å²) < 4.78 is 14.2. The van der Waals surface area contributed by atoms with Crippen LogP contribution in [-0.2, 0) is 22.6 Å². The van der Waals surface area contributed by atoms with Crippen molar-refractivity contribution in [3.05, 3.63) is 63.4 Å². The van der Waals surface area contributed by atoms with Gasteiger partial charge in [0.1, 0.15) is 21.8 Å². The fraction of sp³-hybridized carbons (Fsp3) is 0.333. The van der Waals surface area contributed by atoms with Crippen LogP contribution in [0.3, 0.4) is 0 Å². The number of fused-ring (bicyclic) bond motifs is 3. The van der Waals surface area contributed by atoms with E-state index < -0.39 is 11.6 Å². The van der Waals surface area contributed by atoms with Gasteiger partial charge in [0.15, 0.2) is 0 Å². The Balaban J connectivity index is 1.59. The van der Waals surface area contributed by atoms with Crippen LogP contribution in [0.25, 0.3) is 20.4 Å². The second kappa shape index (κ2) is 9.40. The van der Waals surface area contributed by atoms with Gasteiger partial charge < -0.3 is 14.8 Å². The van der Waals surface area contributed by atoms with Crippen LogP contribution < -0.4 is 21.3 Å². The third kappa shape index (κ3) is 4.10. The van der Waals surface area contributed by atoms with E-state index in [-0.39, 0.29) is 24.8 Å². The molecule has 1 saturated heterocycles. The van der Waals surface area contributed by atoms with Crippen LogP contribution in [0.2, 0.25) is 0 Å². The van der Waals surface area contributed by atoms with Crippen LogP contribution in [-0.4, -0.2) is 39.3 Å². The summed E-state index contributed by atoms with van der Waals surface area (Å²) in [5.74, 6) is 0.144. The minimum atomic E-state index is -0.537. The van der Waals surface area contributed by atoms with Gasteiger partial charge in [-0.05, 0) is 44.0 Å². The Labute approximate surface area is 198 Å². The Morgan fingerprint density at radius 1 is 1.24 bits per heavy atom. The lowest BCUT2D eigenvalue weighted by atomic mass is 10.2. The summed E-state index contributed by atoms with van der Waals surface area (Å²) in [4.78, 5) is 44.9. The Bertz CT molecular complexity index is 1480. The zero-order valence-corrected chi connectivity index (χ0v) is 19.5. The smallest absolute Gasteiger partial charge is 0.332 e. The van der Waals surface area contributed by atoms with E-state index in [9.17, 15) is 14.4 Å². The zero-order valence-electron chi connectivity index (χ0n) is 18.7. The number of nitrogens with one attached hydrogen (secondary N) is 1. The summed E-state index contributed by atoms with van der Waals surface area (Å²) in [6.45, 7) is 2.83. The number of ether oxygens (including phenoxy) is 2. The summed E-state index contributed by atoms with van der Waals surface area (Å²) in [5.41, 5.74) is 0.0322. The van der Waals surface area contributed by atoms with E-state index in [0.29, 0.717) is 45.1 Å². The maximum atomic E-state index is 13.5. The Morgan fingerprint density at radius 2 is 2.09 bits per heavy atom. The van der Waals surface area contributed by atoms with Crippen LogP contribution in [0.1, 0.15) is 19.8 Å². The number of nitrogens with zero attached hydrogens (tertiary/aromatic N) is 3. The molecule has 34 heavy (non-hydrogen) atoms. The summed E-state index contributed by atoms with van der Waals surface area (Å²) >= 11 is 1.23. The van der Waals surface area contributed by atoms with Crippen LogP contribution in [0.15, 0.2) is 52.2 Å². The minimum Gasteiger partial charge on any atom is -0.492 e. The van der Waals surface area contributed by atoms with E-state index in [1.807, 2.05) is 19.1 Å². The van der Waals surface area contributed by atoms with Crippen molar-refractivity contribution in [3.8, 4) is 5.75 Å². The highest BCUT2D eigenvalue weighted by atomic mass is 32.1. The lowest BCUT2D eigenvalue weighted by molar-refractivity contribution is -0.116. The van der Waals surface area contributed by atoms with Crippen molar-refractivity contribution in [1.29, 1.82) is 0 Å². The van der Waals surface area contributed by atoms with Gasteiger partial charge in [-0.25, -0.2) is 9.78 Å². The first-order valence-electron chi connectivity index (χ1n) is 11.2. The Morgan fingerprint density at radius 3 is 2.88 bits per heavy atom. The molecule has 176 valence electrons. The predicted octanol–water partition coefficient (Wildman–Crippen LogP) is 2.99. The number of hydrogen-bond donors (Lipinski definition) is 1. The van der Waals surface area contributed by atoms with Gasteiger partial charge in [-0.3, -0.25) is 18.7 Å². The number of aromatic nitrogens is 3. The first kappa shape index (κ1) is 22.3. The number of carbonyl (C=O) groups excluding carboxylic acids is 1. The quantitative estimate of drug-likeness (QED) is 0.436. The van der Waals surface area contributed by atoms with Crippen molar-refractivity contribution in [2.45, 2.75) is 39.0 Å². The number of para-hydroxylation sites is 2. The standard InChI is InChI=1S/C24H24N4O5S/c1-2-32-18-10-4-3-9-17(18)26-19(29)14-27-20-16-8-5-11-25-22(16)34-21(20)23(30)28(24(27)31)13-15-7-6-12-33-15/h3-5,8-11,15H,2,6-7,12-14H2,1H3,(H,26,29). The molecule has 3 aromatic heterocycles. The molecule has 1 aromatic carbocycles. The molecule has 0 radical (unpaired) electrons. The van der Waals surface area contributed by atoms with Crippen LogP contribution in [0.4, 0.5) is 5.69 Å². The molecule has 4 heterocycles. The number of pyridine rings is 1. The van der Waals surface area contributed by atoms with Gasteiger partial charge >= 0.3 is 5.69 Å². The molecule has 1 amide bonds. The fourth-order valence-corrected chi connectivity index (χ4v) is 5.36. The maximum Gasteiger partial charge on any atom is 0.332 e. The lowest BCUT2D eigenvalue weighted by Crippen LogP contribution is -2.43. The molecule has 1 N–H and O–H groups in total. The molecule has 5 rings (SSSR count). The van der Waals surface area contributed by atoms with Crippen molar-refractivity contribution in [2.24, 2.45) is 0 Å². The maximum absolute atomic E-state index is 13.5. The Kier molecular flexibility index (Phi) is 6.16. The van der Waals surface area contributed by atoms with Gasteiger partial charge in [-0.15, -0.1) is 11.3 Å². The van der Waals surface area contributed by atoms with Gasteiger partial charge in [0.25, 0.3) is 5.56 Å². The van der Waals surface area contributed by atoms with E-state index in [2.05, 4.69) is 10.3 Å². The topological polar surface area (TPSA) is 104 Å². The number of anilines is 1. The predicted molar refractivity (Wildman–Crippen MR) is 131 cm³/mol. The van der Waals surface area contributed by atoms with Crippen molar-refractivity contribution in [2.75, 3.05) is 18.5 Å². The summed E-state index contributed by atoms with van der Waals surface area (Å²) in [6.07, 6.45) is 3.12. The average molecular weight is 481 g/mol. The highest BCUT2D eigenvalue weighted by Crippen LogP contribution is 2.29. The van der Waals surface area contributed by atoms with Gasteiger partial charge in [0.05, 0.1) is 30.5 Å². The van der Waals surface area contributed by atoms with E-state index in [1.54, 1.807) is 30.5 Å². The summed E-state index contributed by atoms with van der Waals surface area (Å²) in [7, 11) is 0. The largest absolute Gasteiger partial charge is 0.492 e. The van der Waals surface area contributed by atoms with Crippen molar-refractivity contribution in [1.82, 2.24) is 14.1 Å². The molecular formula is C24H24N4O5S. The highest BCUT2D eigenvalue weighted by molar-refractivity contribution is 7.25. The number of amides is 1. The van der Waals surface area contributed by atoms with E-state index in [4.69, 9.17) is 9.47 Å². The summed E-state index contributed by atoms with van der Waals surface area (Å²) in [6, 6.07) is 10.7. The number of carbonyl (C=O) groups is 1. The summed E-state index contributed by atoms with van der Waals surface area (Å²) in [5, 5.41) is 3.51. The monoisotopic (exact) mass is 480 g/mol. The van der Waals surface area contributed by atoms with Crippen LogP contribution in [0, 0.1) is 0 Å². The molecule has 0 saturated carbocycles. The molecule has 0 spiro atoms. The third-order valence-corrected chi connectivity index (χ3v) is 6.87.